The van der Waals surface area contributed by atoms with Gasteiger partial charge in [0, 0.05) is 35.8 Å². The Kier molecular flexibility index (Phi) is 8.21. The van der Waals surface area contributed by atoms with Gasteiger partial charge >= 0.3 is 0 Å². The third kappa shape index (κ3) is 5.82. The first-order valence-electron chi connectivity index (χ1n) is 13.8. The van der Waals surface area contributed by atoms with E-state index in [2.05, 4.69) is 34.5 Å². The molecule has 3 heterocycles. The molecule has 0 amide bonds. The summed E-state index contributed by atoms with van der Waals surface area (Å²) in [6.45, 7) is 10.9. The molecule has 1 saturated carbocycles. The lowest BCUT2D eigenvalue weighted by Crippen LogP contribution is -2.46. The smallest absolute Gasteiger partial charge is 0.163 e. The highest BCUT2D eigenvalue weighted by atomic mass is 35.5. The summed E-state index contributed by atoms with van der Waals surface area (Å²) in [4.78, 5) is 12.7. The number of likely N-dealkylation sites (tertiary alicyclic amines) is 1. The number of aromatic nitrogens is 3. The summed E-state index contributed by atoms with van der Waals surface area (Å²) in [5.74, 6) is 2.88. The lowest BCUT2D eigenvalue weighted by molar-refractivity contribution is 0.144. The van der Waals surface area contributed by atoms with Crippen molar-refractivity contribution in [3.63, 3.8) is 0 Å². The minimum atomic E-state index is 0.344. The van der Waals surface area contributed by atoms with E-state index in [-0.39, 0.29) is 0 Å². The zero-order valence-electron chi connectivity index (χ0n) is 23.1. The van der Waals surface area contributed by atoms with E-state index >= 15 is 0 Å². The number of halogens is 1. The number of piperidine rings is 1. The monoisotopic (exact) mass is 538 g/mol. The van der Waals surface area contributed by atoms with Gasteiger partial charge in [0.2, 0.25) is 0 Å². The first-order chi connectivity index (χ1) is 18.4. The second kappa shape index (κ2) is 11.6. The van der Waals surface area contributed by atoms with Crippen molar-refractivity contribution in [3.05, 3.63) is 40.2 Å². The number of benzene rings is 1. The zero-order valence-corrected chi connectivity index (χ0v) is 23.9. The lowest BCUT2D eigenvalue weighted by Gasteiger charge is -2.38. The van der Waals surface area contributed by atoms with E-state index in [0.29, 0.717) is 29.5 Å². The van der Waals surface area contributed by atoms with Crippen LogP contribution in [0.15, 0.2) is 22.7 Å². The largest absolute Gasteiger partial charge is 0.494 e. The fourth-order valence-corrected chi connectivity index (χ4v) is 5.71. The standard InChI is InChI=1S/C29H39ClN6O2/c1-17-15-21(11-13-36(17)22-7-8-22)32-28-18(2)27(26-19(3)35-38-20(26)4)33-29(34-28)24-16-23(9-10-25(24)30)37-14-6-12-31-5/h9-10,16-17,21-22,31H,6-8,11-15H2,1-5H3,(H,32,33,34). The number of rotatable bonds is 10. The lowest BCUT2D eigenvalue weighted by atomic mass is 9.97. The number of anilines is 1. The van der Waals surface area contributed by atoms with Crippen LogP contribution in [0, 0.1) is 20.8 Å². The van der Waals surface area contributed by atoms with E-state index in [1.54, 1.807) is 0 Å². The van der Waals surface area contributed by atoms with Crippen molar-refractivity contribution in [1.82, 2.24) is 25.3 Å². The Morgan fingerprint density at radius 3 is 2.66 bits per heavy atom. The van der Waals surface area contributed by atoms with Gasteiger partial charge in [0.25, 0.3) is 0 Å². The van der Waals surface area contributed by atoms with Gasteiger partial charge in [-0.05, 0) is 91.6 Å². The molecule has 8 nitrogen and oxygen atoms in total. The van der Waals surface area contributed by atoms with Crippen LogP contribution < -0.4 is 15.4 Å². The van der Waals surface area contributed by atoms with Crippen molar-refractivity contribution in [2.45, 2.75) is 77.9 Å². The van der Waals surface area contributed by atoms with Gasteiger partial charge < -0.3 is 19.9 Å². The quantitative estimate of drug-likeness (QED) is 0.313. The van der Waals surface area contributed by atoms with Gasteiger partial charge in [0.1, 0.15) is 17.3 Å². The number of hydrogen-bond donors (Lipinski definition) is 2. The van der Waals surface area contributed by atoms with Crippen molar-refractivity contribution in [2.75, 3.05) is 32.1 Å². The number of nitrogens with zero attached hydrogens (tertiary/aromatic N) is 4. The number of nitrogens with one attached hydrogen (secondary N) is 2. The van der Waals surface area contributed by atoms with E-state index in [0.717, 1.165) is 83.8 Å². The Balaban J connectivity index is 1.49. The second-order valence-electron chi connectivity index (χ2n) is 10.7. The molecule has 0 bridgehead atoms. The van der Waals surface area contributed by atoms with Gasteiger partial charge in [-0.1, -0.05) is 16.8 Å². The molecule has 38 heavy (non-hydrogen) atoms. The highest BCUT2D eigenvalue weighted by molar-refractivity contribution is 6.33. The van der Waals surface area contributed by atoms with E-state index in [1.165, 1.54) is 12.8 Å². The summed E-state index contributed by atoms with van der Waals surface area (Å²) in [6.07, 6.45) is 5.79. The third-order valence-corrected chi connectivity index (χ3v) is 8.05. The Morgan fingerprint density at radius 2 is 1.97 bits per heavy atom. The predicted octanol–water partition coefficient (Wildman–Crippen LogP) is 5.79. The summed E-state index contributed by atoms with van der Waals surface area (Å²) < 4.78 is 11.5. The Labute approximate surface area is 230 Å². The summed E-state index contributed by atoms with van der Waals surface area (Å²) in [6, 6.07) is 7.37. The molecule has 2 N–H and O–H groups in total. The highest BCUT2D eigenvalue weighted by Gasteiger charge is 2.36. The summed E-state index contributed by atoms with van der Waals surface area (Å²) in [5, 5.41) is 11.7. The fourth-order valence-electron chi connectivity index (χ4n) is 5.51. The van der Waals surface area contributed by atoms with Crippen LogP contribution >= 0.6 is 11.6 Å². The summed E-state index contributed by atoms with van der Waals surface area (Å²) in [5.41, 5.74) is 4.25. The molecular weight excluding hydrogens is 500 g/mol. The van der Waals surface area contributed by atoms with Crippen molar-refractivity contribution in [3.8, 4) is 28.4 Å². The number of hydrogen-bond acceptors (Lipinski definition) is 8. The Morgan fingerprint density at radius 1 is 1.16 bits per heavy atom. The van der Waals surface area contributed by atoms with Crippen LogP contribution in [0.2, 0.25) is 5.02 Å². The maximum atomic E-state index is 6.71. The van der Waals surface area contributed by atoms with Crippen molar-refractivity contribution in [1.29, 1.82) is 0 Å². The summed E-state index contributed by atoms with van der Waals surface area (Å²) >= 11 is 6.71. The molecule has 1 aromatic carbocycles. The zero-order chi connectivity index (χ0) is 26.8. The minimum Gasteiger partial charge on any atom is -0.494 e. The van der Waals surface area contributed by atoms with E-state index in [9.17, 15) is 0 Å². The maximum absolute atomic E-state index is 6.71. The first-order valence-corrected chi connectivity index (χ1v) is 14.1. The van der Waals surface area contributed by atoms with Crippen LogP contribution in [0.4, 0.5) is 5.82 Å². The minimum absolute atomic E-state index is 0.344. The van der Waals surface area contributed by atoms with Crippen molar-refractivity contribution in [2.24, 2.45) is 0 Å². The second-order valence-corrected chi connectivity index (χ2v) is 11.1. The fraction of sp³-hybridized carbons (Fsp3) is 0.552. The molecule has 0 spiro atoms. The van der Waals surface area contributed by atoms with Gasteiger partial charge in [0.05, 0.1) is 28.6 Å². The van der Waals surface area contributed by atoms with Crippen LogP contribution in [0.1, 0.15) is 56.0 Å². The van der Waals surface area contributed by atoms with Crippen LogP contribution in [-0.2, 0) is 0 Å². The van der Waals surface area contributed by atoms with Gasteiger partial charge in [-0.2, -0.15) is 0 Å². The van der Waals surface area contributed by atoms with Gasteiger partial charge in [-0.3, -0.25) is 4.90 Å². The molecule has 2 atom stereocenters. The molecule has 2 aromatic heterocycles. The number of ether oxygens (including phenoxy) is 1. The molecule has 204 valence electrons. The topological polar surface area (TPSA) is 88.3 Å². The Bertz CT molecular complexity index is 1250. The molecule has 5 rings (SSSR count). The average molecular weight is 539 g/mol. The first kappa shape index (κ1) is 26.9. The van der Waals surface area contributed by atoms with Crippen LogP contribution in [0.5, 0.6) is 5.75 Å². The molecule has 2 unspecified atom stereocenters. The van der Waals surface area contributed by atoms with E-state index in [1.807, 2.05) is 39.1 Å². The SMILES string of the molecule is CNCCCOc1ccc(Cl)c(-c2nc(NC3CCN(C4CC4)C(C)C3)c(C)c(-c3c(C)noc3C)n2)c1. The van der Waals surface area contributed by atoms with Crippen molar-refractivity contribution >= 4 is 17.4 Å². The molecule has 2 aliphatic rings. The van der Waals surface area contributed by atoms with Crippen LogP contribution in [-0.4, -0.2) is 64.9 Å². The molecule has 0 radical (unpaired) electrons. The molecule has 9 heteroatoms. The average Bonchev–Trinajstić information content (AvgIpc) is 3.68. The van der Waals surface area contributed by atoms with Gasteiger partial charge in [-0.25, -0.2) is 9.97 Å². The highest BCUT2D eigenvalue weighted by Crippen LogP contribution is 2.37. The molecule has 1 aliphatic heterocycles. The van der Waals surface area contributed by atoms with Crippen molar-refractivity contribution < 1.29 is 9.26 Å². The predicted molar refractivity (Wildman–Crippen MR) is 152 cm³/mol. The van der Waals surface area contributed by atoms with Gasteiger partial charge in [-0.15, -0.1) is 0 Å². The van der Waals surface area contributed by atoms with Crippen LogP contribution in [0.25, 0.3) is 22.6 Å². The van der Waals surface area contributed by atoms with Gasteiger partial charge in [0.15, 0.2) is 5.82 Å². The number of aryl methyl sites for hydroxylation is 2. The molecule has 3 aromatic rings. The molecule has 1 aliphatic carbocycles. The molecular formula is C29H39ClN6O2. The third-order valence-electron chi connectivity index (χ3n) is 7.72. The summed E-state index contributed by atoms with van der Waals surface area (Å²) in [7, 11) is 1.94. The molecule has 2 fully saturated rings. The Hall–Kier alpha value is -2.68. The van der Waals surface area contributed by atoms with Crippen LogP contribution in [0.3, 0.4) is 0 Å². The maximum Gasteiger partial charge on any atom is 0.163 e. The van der Waals surface area contributed by atoms with E-state index < -0.39 is 0 Å². The van der Waals surface area contributed by atoms with E-state index in [4.69, 9.17) is 30.8 Å². The molecule has 1 saturated heterocycles. The normalized spacial score (nSPS) is 20.1.